The van der Waals surface area contributed by atoms with Crippen LogP contribution in [0.4, 0.5) is 4.39 Å². The molecule has 21 heavy (non-hydrogen) atoms. The standard InChI is InChI=1S/C19H30ClF/c1-2-3-4-5-6-7-8-9-10-11-18(20)16-17-12-14-19(21)15-13-17/h12-15,18H,2-11,16H2,1H3. The number of halogens is 2. The van der Waals surface area contributed by atoms with E-state index in [0.29, 0.717) is 0 Å². The summed E-state index contributed by atoms with van der Waals surface area (Å²) in [6.07, 6.45) is 14.0. The molecule has 0 heterocycles. The first-order chi connectivity index (χ1) is 10.2. The quantitative estimate of drug-likeness (QED) is 0.291. The van der Waals surface area contributed by atoms with Gasteiger partial charge in [0, 0.05) is 5.38 Å². The first-order valence-corrected chi connectivity index (χ1v) is 9.04. The van der Waals surface area contributed by atoms with E-state index in [4.69, 9.17) is 11.6 Å². The minimum atomic E-state index is -0.177. The van der Waals surface area contributed by atoms with Crippen molar-refractivity contribution in [2.24, 2.45) is 0 Å². The van der Waals surface area contributed by atoms with Crippen LogP contribution in [0, 0.1) is 5.82 Å². The second-order valence-electron chi connectivity index (χ2n) is 6.04. The molecule has 0 saturated heterocycles. The zero-order valence-corrected chi connectivity index (χ0v) is 14.2. The SMILES string of the molecule is CCCCCCCCCCCC(Cl)Cc1ccc(F)cc1. The second-order valence-corrected chi connectivity index (χ2v) is 6.66. The van der Waals surface area contributed by atoms with Crippen molar-refractivity contribution in [2.75, 3.05) is 0 Å². The van der Waals surface area contributed by atoms with Gasteiger partial charge in [-0.25, -0.2) is 4.39 Å². The van der Waals surface area contributed by atoms with Crippen LogP contribution in [0.2, 0.25) is 0 Å². The lowest BCUT2D eigenvalue weighted by molar-refractivity contribution is 0.551. The van der Waals surface area contributed by atoms with Crippen LogP contribution in [0.5, 0.6) is 0 Å². The van der Waals surface area contributed by atoms with E-state index in [0.717, 1.165) is 18.4 Å². The molecular weight excluding hydrogens is 283 g/mol. The van der Waals surface area contributed by atoms with Crippen LogP contribution >= 0.6 is 11.6 Å². The number of benzene rings is 1. The Morgan fingerprint density at radius 1 is 0.857 bits per heavy atom. The summed E-state index contributed by atoms with van der Waals surface area (Å²) in [5.41, 5.74) is 1.13. The molecule has 1 aromatic carbocycles. The Hall–Kier alpha value is -0.560. The molecule has 0 radical (unpaired) electrons. The van der Waals surface area contributed by atoms with Crippen LogP contribution in [0.1, 0.15) is 76.7 Å². The lowest BCUT2D eigenvalue weighted by Gasteiger charge is -2.09. The molecule has 0 aromatic heterocycles. The van der Waals surface area contributed by atoms with E-state index in [2.05, 4.69) is 6.92 Å². The van der Waals surface area contributed by atoms with Crippen molar-refractivity contribution in [1.82, 2.24) is 0 Å². The molecule has 0 aliphatic heterocycles. The van der Waals surface area contributed by atoms with Crippen molar-refractivity contribution in [1.29, 1.82) is 0 Å². The zero-order valence-electron chi connectivity index (χ0n) is 13.4. The number of rotatable bonds is 12. The molecule has 0 fully saturated rings. The van der Waals surface area contributed by atoms with Crippen LogP contribution in [-0.2, 0) is 6.42 Å². The summed E-state index contributed by atoms with van der Waals surface area (Å²) in [5.74, 6) is -0.177. The molecule has 1 atom stereocenters. The zero-order chi connectivity index (χ0) is 15.3. The molecule has 1 aromatic rings. The Bertz CT molecular complexity index is 347. The molecule has 0 nitrogen and oxygen atoms in total. The van der Waals surface area contributed by atoms with Crippen LogP contribution < -0.4 is 0 Å². The summed E-state index contributed by atoms with van der Waals surface area (Å²) in [4.78, 5) is 0. The lowest BCUT2D eigenvalue weighted by Crippen LogP contribution is -2.03. The van der Waals surface area contributed by atoms with E-state index in [1.54, 1.807) is 0 Å². The summed E-state index contributed by atoms with van der Waals surface area (Å²) < 4.78 is 12.8. The molecule has 1 unspecified atom stereocenters. The predicted molar refractivity (Wildman–Crippen MR) is 91.6 cm³/mol. The molecular formula is C19H30ClF. The maximum atomic E-state index is 12.8. The largest absolute Gasteiger partial charge is 0.207 e. The molecule has 0 aliphatic carbocycles. The molecule has 0 amide bonds. The van der Waals surface area contributed by atoms with Gasteiger partial charge in [-0.1, -0.05) is 76.8 Å². The highest BCUT2D eigenvalue weighted by Crippen LogP contribution is 2.17. The Balaban J connectivity index is 1.96. The van der Waals surface area contributed by atoms with Crippen molar-refractivity contribution in [3.05, 3.63) is 35.6 Å². The van der Waals surface area contributed by atoms with Crippen molar-refractivity contribution in [2.45, 2.75) is 82.9 Å². The third-order valence-corrected chi connectivity index (χ3v) is 4.36. The van der Waals surface area contributed by atoms with Crippen molar-refractivity contribution in [3.8, 4) is 0 Å². The molecule has 0 bridgehead atoms. The van der Waals surface area contributed by atoms with Crippen molar-refractivity contribution < 1.29 is 4.39 Å². The smallest absolute Gasteiger partial charge is 0.123 e. The summed E-state index contributed by atoms with van der Waals surface area (Å²) in [7, 11) is 0. The average Bonchev–Trinajstić information content (AvgIpc) is 2.48. The number of hydrogen-bond donors (Lipinski definition) is 0. The van der Waals surface area contributed by atoms with Gasteiger partial charge in [-0.15, -0.1) is 11.6 Å². The molecule has 0 aliphatic rings. The molecule has 120 valence electrons. The van der Waals surface area contributed by atoms with Gasteiger partial charge < -0.3 is 0 Å². The first kappa shape index (κ1) is 18.5. The highest BCUT2D eigenvalue weighted by molar-refractivity contribution is 6.20. The number of alkyl halides is 1. The fourth-order valence-electron chi connectivity index (χ4n) is 2.65. The molecule has 1 rings (SSSR count). The lowest BCUT2D eigenvalue weighted by atomic mass is 10.0. The van der Waals surface area contributed by atoms with Gasteiger partial charge in [0.1, 0.15) is 5.82 Å². The minimum absolute atomic E-state index is 0.177. The number of unbranched alkanes of at least 4 members (excludes halogenated alkanes) is 8. The first-order valence-electron chi connectivity index (χ1n) is 8.61. The van der Waals surface area contributed by atoms with Gasteiger partial charge in [0.15, 0.2) is 0 Å². The minimum Gasteiger partial charge on any atom is -0.207 e. The van der Waals surface area contributed by atoms with Gasteiger partial charge in [0.2, 0.25) is 0 Å². The van der Waals surface area contributed by atoms with Crippen molar-refractivity contribution in [3.63, 3.8) is 0 Å². The van der Waals surface area contributed by atoms with E-state index in [1.807, 2.05) is 12.1 Å². The highest BCUT2D eigenvalue weighted by atomic mass is 35.5. The second kappa shape index (κ2) is 12.0. The fourth-order valence-corrected chi connectivity index (χ4v) is 2.99. The Morgan fingerprint density at radius 3 is 1.95 bits per heavy atom. The van der Waals surface area contributed by atoms with Gasteiger partial charge in [0.05, 0.1) is 0 Å². The van der Waals surface area contributed by atoms with E-state index >= 15 is 0 Å². The third kappa shape index (κ3) is 9.90. The van der Waals surface area contributed by atoms with Gasteiger partial charge in [0.25, 0.3) is 0 Å². The highest BCUT2D eigenvalue weighted by Gasteiger charge is 2.06. The van der Waals surface area contributed by atoms with Crippen molar-refractivity contribution >= 4 is 11.6 Å². The summed E-state index contributed by atoms with van der Waals surface area (Å²) >= 11 is 6.36. The Morgan fingerprint density at radius 2 is 1.38 bits per heavy atom. The Labute approximate surface area is 135 Å². The van der Waals surface area contributed by atoms with Gasteiger partial charge in [-0.3, -0.25) is 0 Å². The average molecular weight is 313 g/mol. The van der Waals surface area contributed by atoms with Crippen LogP contribution in [-0.4, -0.2) is 5.38 Å². The molecule has 2 heteroatoms. The molecule has 0 N–H and O–H groups in total. The summed E-state index contributed by atoms with van der Waals surface area (Å²) in [6, 6.07) is 6.69. The van der Waals surface area contributed by atoms with E-state index in [9.17, 15) is 4.39 Å². The number of hydrogen-bond acceptors (Lipinski definition) is 0. The maximum Gasteiger partial charge on any atom is 0.123 e. The van der Waals surface area contributed by atoms with E-state index < -0.39 is 0 Å². The van der Waals surface area contributed by atoms with E-state index in [1.165, 1.54) is 69.9 Å². The van der Waals surface area contributed by atoms with Gasteiger partial charge in [-0.2, -0.15) is 0 Å². The Kier molecular flexibility index (Phi) is 10.6. The third-order valence-electron chi connectivity index (χ3n) is 3.99. The molecule has 0 spiro atoms. The van der Waals surface area contributed by atoms with Crippen LogP contribution in [0.15, 0.2) is 24.3 Å². The monoisotopic (exact) mass is 312 g/mol. The summed E-state index contributed by atoms with van der Waals surface area (Å²) in [5, 5.41) is 0.181. The topological polar surface area (TPSA) is 0 Å². The van der Waals surface area contributed by atoms with Crippen LogP contribution in [0.25, 0.3) is 0 Å². The predicted octanol–water partition coefficient (Wildman–Crippen LogP) is 6.90. The van der Waals surface area contributed by atoms with Crippen LogP contribution in [0.3, 0.4) is 0 Å². The van der Waals surface area contributed by atoms with Gasteiger partial charge in [-0.05, 0) is 30.5 Å². The van der Waals surface area contributed by atoms with Gasteiger partial charge >= 0.3 is 0 Å². The molecule has 0 saturated carbocycles. The van der Waals surface area contributed by atoms with E-state index in [-0.39, 0.29) is 11.2 Å². The fraction of sp³-hybridized carbons (Fsp3) is 0.684. The normalized spacial score (nSPS) is 12.5. The maximum absolute atomic E-state index is 12.8. The summed E-state index contributed by atoms with van der Waals surface area (Å²) in [6.45, 7) is 2.26.